The van der Waals surface area contributed by atoms with Crippen LogP contribution in [0.1, 0.15) is 21.5 Å². The van der Waals surface area contributed by atoms with Crippen LogP contribution in [0.4, 0.5) is 14.5 Å². The Balaban J connectivity index is 1.97. The van der Waals surface area contributed by atoms with Gasteiger partial charge in [-0.2, -0.15) is 0 Å². The van der Waals surface area contributed by atoms with E-state index in [0.717, 1.165) is 12.1 Å². The molecule has 8 heteroatoms. The van der Waals surface area contributed by atoms with E-state index in [1.54, 1.807) is 0 Å². The molecule has 1 atom stereocenters. The topological polar surface area (TPSA) is 77.3 Å². The highest BCUT2D eigenvalue weighted by molar-refractivity contribution is 7.89. The van der Waals surface area contributed by atoms with Crippen LogP contribution in [-0.4, -0.2) is 14.9 Å². The molecule has 0 aliphatic rings. The molecule has 0 heterocycles. The molecule has 0 saturated heterocycles. The first-order chi connectivity index (χ1) is 14.3. The molecule has 0 aromatic heterocycles. The van der Waals surface area contributed by atoms with Crippen LogP contribution >= 0.6 is 0 Å². The lowest BCUT2D eigenvalue weighted by Crippen LogP contribution is -2.11. The maximum atomic E-state index is 13.2. The molecule has 152 valence electrons. The van der Waals surface area contributed by atoms with Crippen LogP contribution in [0.2, 0.25) is 0 Å². The zero-order valence-electron chi connectivity index (χ0n) is 15.5. The number of carbonyl (C=O) groups is 1. The number of nitrogens with zero attached hydrogens (tertiary/aromatic N) is 1. The number of rotatable bonds is 7. The Hall–Kier alpha value is -3.52. The Morgan fingerprint density at radius 3 is 1.97 bits per heavy atom. The minimum atomic E-state index is -1.80. The number of Topliss-reactive ketones (excluding diaryl/α,β-unsaturated/α-hetero) is 1. The van der Waals surface area contributed by atoms with E-state index in [-0.39, 0.29) is 21.9 Å². The van der Waals surface area contributed by atoms with Crippen LogP contribution in [0.25, 0.3) is 6.08 Å². The van der Waals surface area contributed by atoms with Crippen LogP contribution in [0.15, 0.2) is 77.7 Å². The summed E-state index contributed by atoms with van der Waals surface area (Å²) in [5.41, 5.74) is 1.04. The van der Waals surface area contributed by atoms with Crippen molar-refractivity contribution in [2.24, 2.45) is 0 Å². The Morgan fingerprint density at radius 1 is 0.900 bits per heavy atom. The van der Waals surface area contributed by atoms with E-state index in [1.807, 2.05) is 0 Å². The zero-order valence-corrected chi connectivity index (χ0v) is 16.3. The standard InChI is InChI=1S/C22H15F2NO4S/c23-18-7-1-16(2-8-18)14-30(29)21(22(26)17-5-9-19(24)10-6-17)13-15-3-11-20(12-4-15)25(27)28/h1-13H,14H2/b21-13+. The third-order valence-corrected chi connectivity index (χ3v) is 5.58. The zero-order chi connectivity index (χ0) is 21.7. The van der Waals surface area contributed by atoms with E-state index in [2.05, 4.69) is 0 Å². The molecule has 0 bridgehead atoms. The number of allylic oxidation sites excluding steroid dienone is 1. The van der Waals surface area contributed by atoms with Gasteiger partial charge in [0, 0.05) is 17.7 Å². The van der Waals surface area contributed by atoms with Gasteiger partial charge in [-0.15, -0.1) is 0 Å². The summed E-state index contributed by atoms with van der Waals surface area (Å²) in [6.07, 6.45) is 1.38. The normalized spacial score (nSPS) is 12.4. The van der Waals surface area contributed by atoms with Crippen LogP contribution in [-0.2, 0) is 16.6 Å². The Labute approximate surface area is 173 Å². The largest absolute Gasteiger partial charge is 0.288 e. The fourth-order valence-electron chi connectivity index (χ4n) is 2.63. The molecular weight excluding hydrogens is 412 g/mol. The van der Waals surface area contributed by atoms with E-state index in [0.29, 0.717) is 11.1 Å². The number of carbonyl (C=O) groups excluding carboxylic acids is 1. The van der Waals surface area contributed by atoms with Gasteiger partial charge in [-0.05, 0) is 65.7 Å². The lowest BCUT2D eigenvalue weighted by atomic mass is 10.1. The van der Waals surface area contributed by atoms with Gasteiger partial charge in [0.25, 0.3) is 5.69 Å². The molecule has 0 N–H and O–H groups in total. The van der Waals surface area contributed by atoms with Crippen molar-refractivity contribution in [3.8, 4) is 0 Å². The molecule has 3 aromatic carbocycles. The Bertz CT molecular complexity index is 1130. The highest BCUT2D eigenvalue weighted by Crippen LogP contribution is 2.21. The van der Waals surface area contributed by atoms with Crippen LogP contribution < -0.4 is 0 Å². The second-order valence-electron chi connectivity index (χ2n) is 6.31. The van der Waals surface area contributed by atoms with E-state index in [4.69, 9.17) is 0 Å². The van der Waals surface area contributed by atoms with Gasteiger partial charge in [0.2, 0.25) is 5.78 Å². The average molecular weight is 427 g/mol. The minimum absolute atomic E-state index is 0.0357. The highest BCUT2D eigenvalue weighted by atomic mass is 32.2. The molecule has 30 heavy (non-hydrogen) atoms. The van der Waals surface area contributed by atoms with E-state index in [9.17, 15) is 27.9 Å². The van der Waals surface area contributed by atoms with Gasteiger partial charge in [0.15, 0.2) is 0 Å². The first kappa shape index (κ1) is 21.2. The molecule has 0 aliphatic carbocycles. The summed E-state index contributed by atoms with van der Waals surface area (Å²) in [5, 5.41) is 10.8. The third-order valence-electron chi connectivity index (χ3n) is 4.19. The van der Waals surface area contributed by atoms with Crippen molar-refractivity contribution in [2.45, 2.75) is 5.75 Å². The summed E-state index contributed by atoms with van der Waals surface area (Å²) in [6, 6.07) is 15.6. The predicted octanol–water partition coefficient (Wildman–Crippen LogP) is 5.05. The molecule has 0 fully saturated rings. The molecule has 0 spiro atoms. The first-order valence-corrected chi connectivity index (χ1v) is 10.0. The number of hydrogen-bond acceptors (Lipinski definition) is 4. The van der Waals surface area contributed by atoms with Gasteiger partial charge in [0.05, 0.1) is 26.4 Å². The van der Waals surface area contributed by atoms with Crippen LogP contribution in [0, 0.1) is 21.7 Å². The summed E-state index contributed by atoms with van der Waals surface area (Å²) in [5.74, 6) is -1.55. The summed E-state index contributed by atoms with van der Waals surface area (Å²) in [7, 11) is -1.80. The van der Waals surface area contributed by atoms with Gasteiger partial charge < -0.3 is 0 Å². The number of ketones is 1. The Kier molecular flexibility index (Phi) is 6.58. The number of halogens is 2. The van der Waals surface area contributed by atoms with Crippen molar-refractivity contribution >= 4 is 28.3 Å². The molecule has 0 saturated carbocycles. The maximum absolute atomic E-state index is 13.2. The molecule has 3 aromatic rings. The SMILES string of the molecule is O=C(/C(=C\c1ccc([N+](=O)[O-])cc1)S(=O)Cc1ccc(F)cc1)c1ccc(F)cc1. The summed E-state index contributed by atoms with van der Waals surface area (Å²) >= 11 is 0. The fourth-order valence-corrected chi connectivity index (χ4v) is 3.87. The van der Waals surface area contributed by atoms with Gasteiger partial charge in [0.1, 0.15) is 11.6 Å². The maximum Gasteiger partial charge on any atom is 0.269 e. The number of nitro groups is 1. The lowest BCUT2D eigenvalue weighted by molar-refractivity contribution is -0.384. The lowest BCUT2D eigenvalue weighted by Gasteiger charge is -2.08. The second-order valence-corrected chi connectivity index (χ2v) is 7.73. The van der Waals surface area contributed by atoms with E-state index < -0.39 is 33.1 Å². The molecule has 5 nitrogen and oxygen atoms in total. The molecule has 0 radical (unpaired) electrons. The van der Waals surface area contributed by atoms with E-state index in [1.165, 1.54) is 66.7 Å². The Morgan fingerprint density at radius 2 is 1.43 bits per heavy atom. The molecular formula is C22H15F2NO4S. The molecule has 3 rings (SSSR count). The summed E-state index contributed by atoms with van der Waals surface area (Å²) in [4.78, 5) is 23.2. The molecule has 0 aliphatic heterocycles. The second kappa shape index (κ2) is 9.32. The van der Waals surface area contributed by atoms with Crippen LogP contribution in [0.5, 0.6) is 0 Å². The first-order valence-electron chi connectivity index (χ1n) is 8.73. The number of benzene rings is 3. The molecule has 0 amide bonds. The van der Waals surface area contributed by atoms with Gasteiger partial charge >= 0.3 is 0 Å². The van der Waals surface area contributed by atoms with Gasteiger partial charge in [-0.3, -0.25) is 19.1 Å². The predicted molar refractivity (Wildman–Crippen MR) is 110 cm³/mol. The summed E-state index contributed by atoms with van der Waals surface area (Å²) < 4.78 is 39.3. The van der Waals surface area contributed by atoms with Crippen molar-refractivity contribution in [1.82, 2.24) is 0 Å². The van der Waals surface area contributed by atoms with Gasteiger partial charge in [-0.1, -0.05) is 12.1 Å². The number of non-ortho nitro benzene ring substituents is 1. The summed E-state index contributed by atoms with van der Waals surface area (Å²) in [6.45, 7) is 0. The minimum Gasteiger partial charge on any atom is -0.288 e. The molecule has 1 unspecified atom stereocenters. The number of hydrogen-bond donors (Lipinski definition) is 0. The van der Waals surface area contributed by atoms with Crippen molar-refractivity contribution in [3.05, 3.63) is 116 Å². The smallest absolute Gasteiger partial charge is 0.269 e. The van der Waals surface area contributed by atoms with Crippen molar-refractivity contribution in [2.75, 3.05) is 0 Å². The van der Waals surface area contributed by atoms with Crippen molar-refractivity contribution < 1.29 is 22.7 Å². The quantitative estimate of drug-likeness (QED) is 0.229. The van der Waals surface area contributed by atoms with Crippen molar-refractivity contribution in [1.29, 1.82) is 0 Å². The fraction of sp³-hybridized carbons (Fsp3) is 0.0455. The monoisotopic (exact) mass is 427 g/mol. The highest BCUT2D eigenvalue weighted by Gasteiger charge is 2.20. The van der Waals surface area contributed by atoms with E-state index >= 15 is 0 Å². The third kappa shape index (κ3) is 5.30. The van der Waals surface area contributed by atoms with Crippen LogP contribution in [0.3, 0.4) is 0 Å². The van der Waals surface area contributed by atoms with Gasteiger partial charge in [-0.25, -0.2) is 8.78 Å². The van der Waals surface area contributed by atoms with Crippen molar-refractivity contribution in [3.63, 3.8) is 0 Å². The average Bonchev–Trinajstić information content (AvgIpc) is 2.74. The number of nitro benzene ring substituents is 1.